The molecule has 0 bridgehead atoms. The molecule has 2 aromatic rings. The maximum atomic E-state index is 11.9. The van der Waals surface area contributed by atoms with Gasteiger partial charge in [0.15, 0.2) is 6.61 Å². The molecular weight excluding hydrogens is 282 g/mol. The zero-order valence-corrected chi connectivity index (χ0v) is 12.4. The van der Waals surface area contributed by atoms with Gasteiger partial charge in [0.25, 0.3) is 5.91 Å². The van der Waals surface area contributed by atoms with Gasteiger partial charge < -0.3 is 15.2 Å². The topological polar surface area (TPSA) is 75.6 Å². The Morgan fingerprint density at radius 3 is 2.50 bits per heavy atom. The van der Waals surface area contributed by atoms with E-state index in [9.17, 15) is 9.59 Å². The molecule has 0 saturated carbocycles. The summed E-state index contributed by atoms with van der Waals surface area (Å²) in [6, 6.07) is 12.1. The van der Waals surface area contributed by atoms with Gasteiger partial charge in [0, 0.05) is 5.69 Å². The number of carboxylic acids is 1. The lowest BCUT2D eigenvalue weighted by Crippen LogP contribution is -2.21. The van der Waals surface area contributed by atoms with Crippen molar-refractivity contribution < 1.29 is 19.4 Å². The molecule has 0 saturated heterocycles. The fraction of sp³-hybridized carbons (Fsp3) is 0.176. The van der Waals surface area contributed by atoms with Crippen LogP contribution in [0.25, 0.3) is 0 Å². The van der Waals surface area contributed by atoms with Crippen molar-refractivity contribution in [2.45, 2.75) is 13.8 Å². The lowest BCUT2D eigenvalue weighted by atomic mass is 10.1. The van der Waals surface area contributed by atoms with Crippen molar-refractivity contribution in [2.75, 3.05) is 11.9 Å². The third-order valence-electron chi connectivity index (χ3n) is 3.03. The van der Waals surface area contributed by atoms with E-state index in [0.717, 1.165) is 11.1 Å². The van der Waals surface area contributed by atoms with E-state index in [0.29, 0.717) is 5.69 Å². The Morgan fingerprint density at radius 2 is 1.82 bits per heavy atom. The van der Waals surface area contributed by atoms with Gasteiger partial charge in [-0.25, -0.2) is 4.79 Å². The van der Waals surface area contributed by atoms with Crippen LogP contribution in [0.5, 0.6) is 5.75 Å². The summed E-state index contributed by atoms with van der Waals surface area (Å²) in [7, 11) is 0. The third-order valence-corrected chi connectivity index (χ3v) is 3.03. The number of aryl methyl sites for hydroxylation is 2. The average Bonchev–Trinajstić information content (AvgIpc) is 2.45. The van der Waals surface area contributed by atoms with Gasteiger partial charge >= 0.3 is 5.97 Å². The van der Waals surface area contributed by atoms with Crippen LogP contribution < -0.4 is 10.1 Å². The van der Waals surface area contributed by atoms with E-state index in [2.05, 4.69) is 5.32 Å². The summed E-state index contributed by atoms with van der Waals surface area (Å²) >= 11 is 0. The number of rotatable bonds is 5. The van der Waals surface area contributed by atoms with Gasteiger partial charge in [-0.05, 0) is 49.2 Å². The highest BCUT2D eigenvalue weighted by Crippen LogP contribution is 2.20. The van der Waals surface area contributed by atoms with Crippen LogP contribution >= 0.6 is 0 Å². The normalized spacial score (nSPS) is 10.1. The maximum absolute atomic E-state index is 11.9. The number of aromatic carboxylic acids is 1. The van der Waals surface area contributed by atoms with Crippen molar-refractivity contribution in [3.05, 3.63) is 59.2 Å². The lowest BCUT2D eigenvalue weighted by Gasteiger charge is -2.10. The fourth-order valence-corrected chi connectivity index (χ4v) is 1.99. The third kappa shape index (κ3) is 4.09. The van der Waals surface area contributed by atoms with Gasteiger partial charge in [-0.15, -0.1) is 0 Å². The molecular formula is C17H17NO4. The number of hydrogen-bond acceptors (Lipinski definition) is 3. The quantitative estimate of drug-likeness (QED) is 0.890. The summed E-state index contributed by atoms with van der Waals surface area (Å²) in [5.41, 5.74) is 2.61. The number of carboxylic acid groups (broad SMARTS) is 1. The van der Waals surface area contributed by atoms with Crippen LogP contribution in [0.15, 0.2) is 42.5 Å². The van der Waals surface area contributed by atoms with Crippen LogP contribution in [-0.2, 0) is 4.79 Å². The zero-order chi connectivity index (χ0) is 16.1. The van der Waals surface area contributed by atoms with E-state index in [-0.39, 0.29) is 23.8 Å². The number of anilines is 1. The second-order valence-corrected chi connectivity index (χ2v) is 5.01. The van der Waals surface area contributed by atoms with Gasteiger partial charge in [-0.2, -0.15) is 0 Å². The highest BCUT2D eigenvalue weighted by molar-refractivity contribution is 5.93. The maximum Gasteiger partial charge on any atom is 0.339 e. The summed E-state index contributed by atoms with van der Waals surface area (Å²) in [5, 5.41) is 11.8. The van der Waals surface area contributed by atoms with Crippen LogP contribution in [0.3, 0.4) is 0 Å². The van der Waals surface area contributed by atoms with Crippen molar-refractivity contribution in [1.82, 2.24) is 0 Å². The molecule has 0 heterocycles. The van der Waals surface area contributed by atoms with Gasteiger partial charge in [-0.1, -0.05) is 18.2 Å². The summed E-state index contributed by atoms with van der Waals surface area (Å²) in [5.74, 6) is -1.25. The Kier molecular flexibility index (Phi) is 4.78. The highest BCUT2D eigenvalue weighted by Gasteiger charge is 2.13. The minimum atomic E-state index is -1.09. The molecule has 22 heavy (non-hydrogen) atoms. The predicted octanol–water partition coefficient (Wildman–Crippen LogP) is 3.02. The van der Waals surface area contributed by atoms with E-state index in [4.69, 9.17) is 9.84 Å². The molecule has 2 aromatic carbocycles. The molecule has 0 aliphatic carbocycles. The average molecular weight is 299 g/mol. The van der Waals surface area contributed by atoms with Crippen LogP contribution in [0.2, 0.25) is 0 Å². The molecule has 2 rings (SSSR count). The Hall–Kier alpha value is -2.82. The Morgan fingerprint density at radius 1 is 1.09 bits per heavy atom. The van der Waals surface area contributed by atoms with Crippen LogP contribution in [0.4, 0.5) is 5.69 Å². The molecule has 5 nitrogen and oxygen atoms in total. The molecule has 114 valence electrons. The largest absolute Gasteiger partial charge is 0.483 e. The summed E-state index contributed by atoms with van der Waals surface area (Å²) in [4.78, 5) is 23.0. The summed E-state index contributed by atoms with van der Waals surface area (Å²) in [6.07, 6.45) is 0. The number of benzene rings is 2. The molecule has 0 atom stereocenters. The molecule has 0 aliphatic heterocycles. The minimum absolute atomic E-state index is 0.0361. The number of carbonyl (C=O) groups is 2. The number of hydrogen-bond donors (Lipinski definition) is 2. The van der Waals surface area contributed by atoms with E-state index < -0.39 is 5.97 Å². The molecule has 0 fully saturated rings. The standard InChI is InChI=1S/C17H17NO4/c1-11-4-3-5-13(8-11)18-16(19)10-22-15-9-12(2)6-7-14(15)17(20)21/h3-9H,10H2,1-2H3,(H,18,19)(H,20,21). The van der Waals surface area contributed by atoms with E-state index in [1.807, 2.05) is 32.0 Å². The van der Waals surface area contributed by atoms with Crippen molar-refractivity contribution >= 4 is 17.6 Å². The second kappa shape index (κ2) is 6.76. The SMILES string of the molecule is Cc1cccc(NC(=O)COc2cc(C)ccc2C(=O)O)c1. The van der Waals surface area contributed by atoms with Crippen LogP contribution in [0, 0.1) is 13.8 Å². The number of amides is 1. The lowest BCUT2D eigenvalue weighted by molar-refractivity contribution is -0.118. The van der Waals surface area contributed by atoms with Crippen molar-refractivity contribution in [2.24, 2.45) is 0 Å². The zero-order valence-electron chi connectivity index (χ0n) is 12.4. The molecule has 0 spiro atoms. The monoisotopic (exact) mass is 299 g/mol. The van der Waals surface area contributed by atoms with Crippen LogP contribution in [0.1, 0.15) is 21.5 Å². The van der Waals surface area contributed by atoms with Crippen molar-refractivity contribution in [3.63, 3.8) is 0 Å². The van der Waals surface area contributed by atoms with E-state index >= 15 is 0 Å². The molecule has 0 unspecified atom stereocenters. The molecule has 1 amide bonds. The second-order valence-electron chi connectivity index (χ2n) is 5.01. The van der Waals surface area contributed by atoms with Crippen molar-refractivity contribution in [1.29, 1.82) is 0 Å². The Balaban J connectivity index is 2.02. The molecule has 0 aromatic heterocycles. The number of ether oxygens (including phenoxy) is 1. The van der Waals surface area contributed by atoms with Gasteiger partial charge in [0.2, 0.25) is 0 Å². The van der Waals surface area contributed by atoms with Gasteiger partial charge in [0.05, 0.1) is 0 Å². The first kappa shape index (κ1) is 15.6. The Labute approximate surface area is 128 Å². The highest BCUT2D eigenvalue weighted by atomic mass is 16.5. The smallest absolute Gasteiger partial charge is 0.339 e. The van der Waals surface area contributed by atoms with Gasteiger partial charge in [-0.3, -0.25) is 4.79 Å². The Bertz CT molecular complexity index is 710. The number of nitrogens with one attached hydrogen (secondary N) is 1. The predicted molar refractivity (Wildman–Crippen MR) is 83.4 cm³/mol. The first-order chi connectivity index (χ1) is 10.5. The molecule has 5 heteroatoms. The van der Waals surface area contributed by atoms with Crippen LogP contribution in [-0.4, -0.2) is 23.6 Å². The fourth-order valence-electron chi connectivity index (χ4n) is 1.99. The minimum Gasteiger partial charge on any atom is -0.483 e. The molecule has 2 N–H and O–H groups in total. The summed E-state index contributed by atoms with van der Waals surface area (Å²) in [6.45, 7) is 3.50. The first-order valence-electron chi connectivity index (χ1n) is 6.79. The van der Waals surface area contributed by atoms with E-state index in [1.165, 1.54) is 6.07 Å². The molecule has 0 radical (unpaired) electrons. The number of carbonyl (C=O) groups excluding carboxylic acids is 1. The van der Waals surface area contributed by atoms with Crippen molar-refractivity contribution in [3.8, 4) is 5.75 Å². The summed E-state index contributed by atoms with van der Waals surface area (Å²) < 4.78 is 5.35. The molecule has 0 aliphatic rings. The van der Waals surface area contributed by atoms with Gasteiger partial charge in [0.1, 0.15) is 11.3 Å². The van der Waals surface area contributed by atoms with E-state index in [1.54, 1.807) is 18.2 Å². The first-order valence-corrected chi connectivity index (χ1v) is 6.79.